The quantitative estimate of drug-likeness (QED) is 0.340. The fourth-order valence-electron chi connectivity index (χ4n) is 4.59. The van der Waals surface area contributed by atoms with Gasteiger partial charge in [0.05, 0.1) is 10.5 Å². The Hall–Kier alpha value is -4.41. The molecule has 5 rings (SSSR count). The molecule has 35 heavy (non-hydrogen) atoms. The van der Waals surface area contributed by atoms with Crippen LogP contribution in [0.15, 0.2) is 42.5 Å². The first-order valence-electron chi connectivity index (χ1n) is 11.4. The molecule has 0 bridgehead atoms. The molecule has 11 heteroatoms. The Labute approximate surface area is 199 Å². The first-order valence-corrected chi connectivity index (χ1v) is 11.4. The van der Waals surface area contributed by atoms with Gasteiger partial charge in [0.15, 0.2) is 5.82 Å². The van der Waals surface area contributed by atoms with E-state index in [4.69, 9.17) is 0 Å². The molecule has 3 amide bonds. The Bertz CT molecular complexity index is 1380. The molecule has 1 atom stereocenters. The molecule has 1 N–H and O–H groups in total. The number of benzene rings is 2. The SMILES string of the molecule is C[C@@H](C(=O)Nc1cccc(-c2nnc3n2CCCCC3)c1)N1C(=O)c2cccc([N+](=O)[O-])c2C1=O. The molecule has 178 valence electrons. The highest BCUT2D eigenvalue weighted by Gasteiger charge is 2.44. The van der Waals surface area contributed by atoms with Crippen molar-refractivity contribution in [3.05, 3.63) is 69.5 Å². The molecule has 0 fully saturated rings. The Morgan fingerprint density at radius 3 is 2.69 bits per heavy atom. The minimum Gasteiger partial charge on any atom is -0.324 e. The maximum Gasteiger partial charge on any atom is 0.282 e. The summed E-state index contributed by atoms with van der Waals surface area (Å²) in [5, 5.41) is 22.7. The number of rotatable bonds is 5. The third-order valence-electron chi connectivity index (χ3n) is 6.39. The van der Waals surface area contributed by atoms with E-state index in [9.17, 15) is 24.5 Å². The van der Waals surface area contributed by atoms with Gasteiger partial charge < -0.3 is 9.88 Å². The second-order valence-corrected chi connectivity index (χ2v) is 8.59. The Morgan fingerprint density at radius 1 is 1.09 bits per heavy atom. The topological polar surface area (TPSA) is 140 Å². The molecule has 2 aliphatic rings. The summed E-state index contributed by atoms with van der Waals surface area (Å²) in [6.45, 7) is 2.24. The van der Waals surface area contributed by atoms with Crippen LogP contribution in [0.25, 0.3) is 11.4 Å². The molecule has 0 saturated carbocycles. The molecule has 1 aromatic heterocycles. The van der Waals surface area contributed by atoms with Crippen LogP contribution in [0.5, 0.6) is 0 Å². The van der Waals surface area contributed by atoms with Crippen LogP contribution in [-0.2, 0) is 17.8 Å². The van der Waals surface area contributed by atoms with Crippen molar-refractivity contribution < 1.29 is 19.3 Å². The maximum atomic E-state index is 13.0. The Balaban J connectivity index is 1.37. The summed E-state index contributed by atoms with van der Waals surface area (Å²) in [4.78, 5) is 50.1. The fourth-order valence-corrected chi connectivity index (χ4v) is 4.59. The standard InChI is InChI=1S/C24H22N6O5/c1-14(29-23(32)17-9-6-10-18(30(34)35)20(17)24(29)33)22(31)25-16-8-5-7-15(13-16)21-27-26-19-11-3-2-4-12-28(19)21/h5-10,13-14H,2-4,11-12H2,1H3,(H,25,31)/t14-/m0/s1. The van der Waals surface area contributed by atoms with Gasteiger partial charge >= 0.3 is 0 Å². The number of nitrogens with zero attached hydrogens (tertiary/aromatic N) is 5. The molecule has 2 aliphatic heterocycles. The first kappa shape index (κ1) is 22.4. The molecular formula is C24H22N6O5. The molecule has 3 aromatic rings. The normalized spacial score (nSPS) is 15.9. The van der Waals surface area contributed by atoms with Crippen LogP contribution < -0.4 is 5.32 Å². The average molecular weight is 474 g/mol. The number of hydrogen-bond acceptors (Lipinski definition) is 7. The van der Waals surface area contributed by atoms with E-state index in [1.807, 2.05) is 6.07 Å². The highest BCUT2D eigenvalue weighted by Crippen LogP contribution is 2.32. The Kier molecular flexibility index (Phi) is 5.59. The lowest BCUT2D eigenvalue weighted by Gasteiger charge is -2.21. The molecular weight excluding hydrogens is 452 g/mol. The van der Waals surface area contributed by atoms with Crippen molar-refractivity contribution in [1.29, 1.82) is 0 Å². The summed E-state index contributed by atoms with van der Waals surface area (Å²) in [5.74, 6) is -0.533. The van der Waals surface area contributed by atoms with Crippen LogP contribution in [0.2, 0.25) is 0 Å². The van der Waals surface area contributed by atoms with Crippen molar-refractivity contribution in [3.8, 4) is 11.4 Å². The summed E-state index contributed by atoms with van der Waals surface area (Å²) in [6.07, 6.45) is 4.13. The first-order chi connectivity index (χ1) is 16.9. The van der Waals surface area contributed by atoms with Crippen molar-refractivity contribution in [1.82, 2.24) is 19.7 Å². The number of anilines is 1. The van der Waals surface area contributed by atoms with Gasteiger partial charge in [0, 0.05) is 30.3 Å². The molecule has 0 unspecified atom stereocenters. The number of aromatic nitrogens is 3. The van der Waals surface area contributed by atoms with Gasteiger partial charge in [-0.15, -0.1) is 10.2 Å². The lowest BCUT2D eigenvalue weighted by Crippen LogP contribution is -2.45. The zero-order chi connectivity index (χ0) is 24.7. The fraction of sp³-hybridized carbons (Fsp3) is 0.292. The van der Waals surface area contributed by atoms with Gasteiger partial charge in [0.1, 0.15) is 17.4 Å². The van der Waals surface area contributed by atoms with E-state index >= 15 is 0 Å². The number of carbonyl (C=O) groups is 3. The highest BCUT2D eigenvalue weighted by molar-refractivity contribution is 6.24. The van der Waals surface area contributed by atoms with E-state index in [1.54, 1.807) is 18.2 Å². The molecule has 0 saturated heterocycles. The summed E-state index contributed by atoms with van der Waals surface area (Å²) in [7, 11) is 0. The maximum absolute atomic E-state index is 13.0. The van der Waals surface area contributed by atoms with E-state index < -0.39 is 34.4 Å². The number of imide groups is 1. The van der Waals surface area contributed by atoms with Crippen LogP contribution in [0.3, 0.4) is 0 Å². The van der Waals surface area contributed by atoms with Gasteiger partial charge in [-0.25, -0.2) is 0 Å². The third kappa shape index (κ3) is 3.84. The number of hydrogen-bond donors (Lipinski definition) is 1. The largest absolute Gasteiger partial charge is 0.324 e. The number of fused-ring (bicyclic) bond motifs is 2. The number of nitrogens with one attached hydrogen (secondary N) is 1. The van der Waals surface area contributed by atoms with Crippen LogP contribution in [-0.4, -0.2) is 48.4 Å². The predicted molar refractivity (Wildman–Crippen MR) is 125 cm³/mol. The molecule has 2 aromatic carbocycles. The van der Waals surface area contributed by atoms with E-state index in [2.05, 4.69) is 20.1 Å². The lowest BCUT2D eigenvalue weighted by molar-refractivity contribution is -0.385. The summed E-state index contributed by atoms with van der Waals surface area (Å²) < 4.78 is 2.10. The monoisotopic (exact) mass is 474 g/mol. The van der Waals surface area contributed by atoms with Crippen molar-refractivity contribution in [2.45, 2.75) is 45.2 Å². The summed E-state index contributed by atoms with van der Waals surface area (Å²) in [6, 6.07) is 9.78. The van der Waals surface area contributed by atoms with Crippen LogP contribution in [0.1, 0.15) is 52.7 Å². The molecule has 11 nitrogen and oxygen atoms in total. The lowest BCUT2D eigenvalue weighted by atomic mass is 10.1. The van der Waals surface area contributed by atoms with Gasteiger partial charge in [-0.05, 0) is 38.0 Å². The van der Waals surface area contributed by atoms with Gasteiger partial charge in [0.2, 0.25) is 5.91 Å². The predicted octanol–water partition coefficient (Wildman–Crippen LogP) is 3.20. The van der Waals surface area contributed by atoms with E-state index in [0.29, 0.717) is 5.69 Å². The van der Waals surface area contributed by atoms with Crippen LogP contribution in [0.4, 0.5) is 11.4 Å². The number of carbonyl (C=O) groups excluding carboxylic acids is 3. The Morgan fingerprint density at radius 2 is 1.89 bits per heavy atom. The highest BCUT2D eigenvalue weighted by atomic mass is 16.6. The number of aryl methyl sites for hydroxylation is 1. The molecule has 0 spiro atoms. The second-order valence-electron chi connectivity index (χ2n) is 8.59. The third-order valence-corrected chi connectivity index (χ3v) is 6.39. The second kappa shape index (κ2) is 8.75. The van der Waals surface area contributed by atoms with Crippen molar-refractivity contribution in [2.24, 2.45) is 0 Å². The molecule has 0 aliphatic carbocycles. The van der Waals surface area contributed by atoms with Crippen molar-refractivity contribution in [2.75, 3.05) is 5.32 Å². The number of nitro benzene ring substituents is 1. The van der Waals surface area contributed by atoms with E-state index in [0.717, 1.165) is 60.4 Å². The van der Waals surface area contributed by atoms with Crippen LogP contribution >= 0.6 is 0 Å². The van der Waals surface area contributed by atoms with Gasteiger partial charge in [0.25, 0.3) is 17.5 Å². The minimum absolute atomic E-state index is 0.0849. The average Bonchev–Trinajstić information content (AvgIpc) is 3.26. The molecule has 0 radical (unpaired) electrons. The smallest absolute Gasteiger partial charge is 0.282 e. The number of nitro groups is 1. The number of amides is 3. The van der Waals surface area contributed by atoms with E-state index in [1.165, 1.54) is 19.1 Å². The van der Waals surface area contributed by atoms with Gasteiger partial charge in [-0.2, -0.15) is 0 Å². The van der Waals surface area contributed by atoms with Gasteiger partial charge in [-0.3, -0.25) is 29.4 Å². The zero-order valence-corrected chi connectivity index (χ0v) is 18.9. The van der Waals surface area contributed by atoms with E-state index in [-0.39, 0.29) is 11.1 Å². The van der Waals surface area contributed by atoms with Crippen molar-refractivity contribution in [3.63, 3.8) is 0 Å². The van der Waals surface area contributed by atoms with Crippen molar-refractivity contribution >= 4 is 29.1 Å². The zero-order valence-electron chi connectivity index (χ0n) is 18.9. The van der Waals surface area contributed by atoms with Gasteiger partial charge in [-0.1, -0.05) is 24.6 Å². The molecule has 3 heterocycles. The minimum atomic E-state index is -1.19. The summed E-state index contributed by atoms with van der Waals surface area (Å²) in [5.41, 5.74) is 0.409. The van der Waals surface area contributed by atoms with Crippen LogP contribution in [0, 0.1) is 10.1 Å². The summed E-state index contributed by atoms with van der Waals surface area (Å²) >= 11 is 0.